The molecule has 1 N–H and O–H groups in total. The number of aromatic hydroxyl groups is 1. The zero-order chi connectivity index (χ0) is 25.6. The molecule has 5 aromatic rings. The number of fused-ring (bicyclic) bond motifs is 1. The van der Waals surface area contributed by atoms with Crippen LogP contribution in [-0.4, -0.2) is 11.3 Å². The SMILES string of the molecule is Oc1ccc(N=Nc2cccc3ccccc23)cc1C=Nc1c(Br)cc(N=Nc2ccccc2)cc1Br. The molecule has 0 spiro atoms. The Balaban J connectivity index is 1.38. The van der Waals surface area contributed by atoms with Gasteiger partial charge in [0.1, 0.15) is 5.75 Å². The molecule has 0 saturated heterocycles. The van der Waals surface area contributed by atoms with Crippen molar-refractivity contribution in [2.75, 3.05) is 0 Å². The van der Waals surface area contributed by atoms with Crippen LogP contribution in [0.4, 0.5) is 28.4 Å². The Morgan fingerprint density at radius 1 is 0.595 bits per heavy atom. The van der Waals surface area contributed by atoms with Gasteiger partial charge in [-0.3, -0.25) is 4.99 Å². The third kappa shape index (κ3) is 6.04. The van der Waals surface area contributed by atoms with Gasteiger partial charge in [-0.1, -0.05) is 54.6 Å². The smallest absolute Gasteiger partial charge is 0.124 e. The number of hydrogen-bond donors (Lipinski definition) is 1. The van der Waals surface area contributed by atoms with Gasteiger partial charge in [-0.05, 0) is 85.8 Å². The van der Waals surface area contributed by atoms with Gasteiger partial charge in [0.15, 0.2) is 0 Å². The summed E-state index contributed by atoms with van der Waals surface area (Å²) < 4.78 is 1.46. The van der Waals surface area contributed by atoms with Gasteiger partial charge in [0.25, 0.3) is 0 Å². The number of aliphatic imine (C=N–C) groups is 1. The molecular formula is C29H19Br2N5O. The average molecular weight is 613 g/mol. The van der Waals surface area contributed by atoms with Crippen molar-refractivity contribution < 1.29 is 5.11 Å². The van der Waals surface area contributed by atoms with E-state index < -0.39 is 0 Å². The van der Waals surface area contributed by atoms with E-state index in [0.717, 1.165) is 31.1 Å². The molecule has 0 radical (unpaired) electrons. The van der Waals surface area contributed by atoms with Crippen LogP contribution in [0.15, 0.2) is 138 Å². The summed E-state index contributed by atoms with van der Waals surface area (Å²) in [6, 6.07) is 32.1. The highest BCUT2D eigenvalue weighted by Crippen LogP contribution is 2.38. The molecular weight excluding hydrogens is 594 g/mol. The Morgan fingerprint density at radius 2 is 1.27 bits per heavy atom. The van der Waals surface area contributed by atoms with Crippen LogP contribution in [0.25, 0.3) is 10.8 Å². The van der Waals surface area contributed by atoms with Gasteiger partial charge in [0.05, 0.1) is 28.4 Å². The lowest BCUT2D eigenvalue weighted by molar-refractivity contribution is 0.474. The number of halogens is 2. The summed E-state index contributed by atoms with van der Waals surface area (Å²) in [5, 5.41) is 29.9. The van der Waals surface area contributed by atoms with Crippen LogP contribution in [0, 0.1) is 0 Å². The minimum Gasteiger partial charge on any atom is -0.507 e. The second-order valence-electron chi connectivity index (χ2n) is 7.99. The fourth-order valence-electron chi connectivity index (χ4n) is 3.59. The third-order valence-electron chi connectivity index (χ3n) is 5.42. The number of azo groups is 2. The van der Waals surface area contributed by atoms with Crippen LogP contribution < -0.4 is 0 Å². The molecule has 5 rings (SSSR count). The predicted molar refractivity (Wildman–Crippen MR) is 156 cm³/mol. The summed E-state index contributed by atoms with van der Waals surface area (Å²) >= 11 is 7.12. The molecule has 0 unspecified atom stereocenters. The quantitative estimate of drug-likeness (QED) is 0.150. The van der Waals surface area contributed by atoms with E-state index in [1.54, 1.807) is 24.4 Å². The van der Waals surface area contributed by atoms with Crippen molar-refractivity contribution in [2.45, 2.75) is 0 Å². The number of benzene rings is 5. The molecule has 37 heavy (non-hydrogen) atoms. The van der Waals surface area contributed by atoms with Crippen LogP contribution in [0.5, 0.6) is 5.75 Å². The fraction of sp³-hybridized carbons (Fsp3) is 0. The predicted octanol–water partition coefficient (Wildman–Crippen LogP) is 10.7. The molecule has 0 saturated carbocycles. The van der Waals surface area contributed by atoms with E-state index in [1.165, 1.54) is 0 Å². The number of phenolic OH excluding ortho intramolecular Hbond substituents is 1. The van der Waals surface area contributed by atoms with E-state index in [2.05, 4.69) is 57.3 Å². The summed E-state index contributed by atoms with van der Waals surface area (Å²) in [5.41, 5.74) is 3.98. The van der Waals surface area contributed by atoms with Crippen molar-refractivity contribution in [3.8, 4) is 5.75 Å². The summed E-state index contributed by atoms with van der Waals surface area (Å²) in [6.45, 7) is 0. The maximum atomic E-state index is 10.4. The molecule has 0 atom stereocenters. The van der Waals surface area contributed by atoms with Crippen molar-refractivity contribution in [2.24, 2.45) is 25.4 Å². The monoisotopic (exact) mass is 611 g/mol. The van der Waals surface area contributed by atoms with E-state index in [1.807, 2.05) is 84.9 Å². The van der Waals surface area contributed by atoms with Crippen LogP contribution in [0.3, 0.4) is 0 Å². The minimum atomic E-state index is 0.0911. The van der Waals surface area contributed by atoms with Gasteiger partial charge in [-0.2, -0.15) is 15.3 Å². The minimum absolute atomic E-state index is 0.0911. The van der Waals surface area contributed by atoms with E-state index in [0.29, 0.717) is 22.6 Å². The second kappa shape index (κ2) is 11.4. The number of rotatable bonds is 6. The molecule has 5 aromatic carbocycles. The molecule has 8 heteroatoms. The standard InChI is InChI=1S/C29H19Br2N5O/c30-25-16-23(35-33-21-9-2-1-3-10-21)17-26(31)29(25)32-18-20-15-22(13-14-28(20)37)34-36-27-12-6-8-19-7-4-5-11-24(19)27/h1-18,37H. The van der Waals surface area contributed by atoms with E-state index >= 15 is 0 Å². The molecule has 0 aromatic heterocycles. The molecule has 0 amide bonds. The Labute approximate surface area is 230 Å². The normalized spacial score (nSPS) is 11.8. The number of hydrogen-bond acceptors (Lipinski definition) is 6. The van der Waals surface area contributed by atoms with Gasteiger partial charge in [-0.25, -0.2) is 0 Å². The maximum absolute atomic E-state index is 10.4. The van der Waals surface area contributed by atoms with Gasteiger partial charge in [0.2, 0.25) is 0 Å². The van der Waals surface area contributed by atoms with E-state index in [-0.39, 0.29) is 5.75 Å². The Hall–Kier alpha value is -4.01. The second-order valence-corrected chi connectivity index (χ2v) is 9.70. The van der Waals surface area contributed by atoms with Crippen molar-refractivity contribution in [3.63, 3.8) is 0 Å². The molecule has 0 aliphatic heterocycles. The van der Waals surface area contributed by atoms with Crippen LogP contribution in [0.2, 0.25) is 0 Å². The van der Waals surface area contributed by atoms with Crippen molar-refractivity contribution in [3.05, 3.63) is 118 Å². The number of nitrogens with zero attached hydrogens (tertiary/aromatic N) is 5. The first-order valence-electron chi connectivity index (χ1n) is 11.3. The molecule has 0 heterocycles. The van der Waals surface area contributed by atoms with Gasteiger partial charge < -0.3 is 5.11 Å². The molecule has 6 nitrogen and oxygen atoms in total. The van der Waals surface area contributed by atoms with Crippen molar-refractivity contribution in [1.82, 2.24) is 0 Å². The summed E-state index contributed by atoms with van der Waals surface area (Å²) in [5.74, 6) is 0.0911. The Morgan fingerprint density at radius 3 is 2.08 bits per heavy atom. The van der Waals surface area contributed by atoms with Gasteiger partial charge in [-0.15, -0.1) is 5.11 Å². The van der Waals surface area contributed by atoms with Crippen molar-refractivity contribution >= 4 is 77.3 Å². The molecule has 0 aliphatic rings. The lowest BCUT2D eigenvalue weighted by Crippen LogP contribution is -1.83. The van der Waals surface area contributed by atoms with Crippen LogP contribution >= 0.6 is 31.9 Å². The first-order chi connectivity index (χ1) is 18.1. The molecule has 0 bridgehead atoms. The molecule has 0 fully saturated rings. The van der Waals surface area contributed by atoms with Gasteiger partial charge in [0, 0.05) is 26.1 Å². The highest BCUT2D eigenvalue weighted by molar-refractivity contribution is 9.11. The molecule has 0 aliphatic carbocycles. The Kier molecular flexibility index (Phi) is 7.58. The zero-order valence-electron chi connectivity index (χ0n) is 19.3. The largest absolute Gasteiger partial charge is 0.507 e. The Bertz CT molecular complexity index is 1640. The fourth-order valence-corrected chi connectivity index (χ4v) is 4.96. The highest BCUT2D eigenvalue weighted by Gasteiger charge is 2.08. The van der Waals surface area contributed by atoms with Crippen molar-refractivity contribution in [1.29, 1.82) is 0 Å². The van der Waals surface area contributed by atoms with E-state index in [4.69, 9.17) is 0 Å². The lowest BCUT2D eigenvalue weighted by Gasteiger charge is -2.05. The summed E-state index contributed by atoms with van der Waals surface area (Å²) in [7, 11) is 0. The maximum Gasteiger partial charge on any atom is 0.124 e. The zero-order valence-corrected chi connectivity index (χ0v) is 22.5. The molecule has 180 valence electrons. The average Bonchev–Trinajstić information content (AvgIpc) is 2.92. The number of phenols is 1. The topological polar surface area (TPSA) is 82.0 Å². The first kappa shape index (κ1) is 24.7. The first-order valence-corrected chi connectivity index (χ1v) is 12.9. The van der Waals surface area contributed by atoms with Gasteiger partial charge >= 0.3 is 0 Å². The highest BCUT2D eigenvalue weighted by atomic mass is 79.9. The van der Waals surface area contributed by atoms with E-state index in [9.17, 15) is 5.11 Å². The lowest BCUT2D eigenvalue weighted by atomic mass is 10.1. The summed E-state index contributed by atoms with van der Waals surface area (Å²) in [4.78, 5) is 4.57. The summed E-state index contributed by atoms with van der Waals surface area (Å²) in [6.07, 6.45) is 1.59. The van der Waals surface area contributed by atoms with Crippen LogP contribution in [-0.2, 0) is 0 Å². The third-order valence-corrected chi connectivity index (χ3v) is 6.63. The van der Waals surface area contributed by atoms with Crippen LogP contribution in [0.1, 0.15) is 5.56 Å².